The monoisotopic (exact) mass is 516 g/mol. The van der Waals surface area contributed by atoms with Crippen LogP contribution in [0.2, 0.25) is 0 Å². The van der Waals surface area contributed by atoms with Crippen LogP contribution in [0.15, 0.2) is 24.3 Å². The summed E-state index contributed by atoms with van der Waals surface area (Å²) in [4.78, 5) is 24.7. The maximum absolute atomic E-state index is 12.4. The number of unbranched alkanes of at least 4 members (excludes halogenated alkanes) is 18. The van der Waals surface area contributed by atoms with E-state index in [0.717, 1.165) is 44.9 Å². The molecule has 1 aliphatic carbocycles. The van der Waals surface area contributed by atoms with Crippen molar-refractivity contribution in [2.24, 2.45) is 0 Å². The third-order valence-electron chi connectivity index (χ3n) is 7.66. The van der Waals surface area contributed by atoms with E-state index in [9.17, 15) is 9.59 Å². The molecule has 0 bridgehead atoms. The molecule has 0 unspecified atom stereocenters. The molecule has 4 heteroatoms. The summed E-state index contributed by atoms with van der Waals surface area (Å²) in [6.07, 6.45) is 36.0. The standard InChI is InChI=1S/C33H60N2O2/c1-3-5-7-9-11-13-15-17-19-21-23-28-32(36)34-30-26-25-27-31(30)35-33(37)29-24-22-20-18-16-14-12-10-8-6-4-2/h23-24,28-31H,3-22,25-27H2,1-2H3,(H,34,36)(H,35,37)/b28-23+,29-24+/t30-,31+. The van der Waals surface area contributed by atoms with Crippen LogP contribution >= 0.6 is 0 Å². The summed E-state index contributed by atoms with van der Waals surface area (Å²) in [6.45, 7) is 4.52. The van der Waals surface area contributed by atoms with Gasteiger partial charge in [-0.15, -0.1) is 0 Å². The Morgan fingerprint density at radius 1 is 0.541 bits per heavy atom. The molecule has 0 aromatic heterocycles. The smallest absolute Gasteiger partial charge is 0.243 e. The molecule has 1 saturated carbocycles. The van der Waals surface area contributed by atoms with Gasteiger partial charge in [0.15, 0.2) is 0 Å². The first-order chi connectivity index (χ1) is 18.2. The van der Waals surface area contributed by atoms with Crippen molar-refractivity contribution in [2.75, 3.05) is 0 Å². The Hall–Kier alpha value is -1.58. The van der Waals surface area contributed by atoms with Gasteiger partial charge in [-0.05, 0) is 57.1 Å². The second-order valence-electron chi connectivity index (χ2n) is 11.2. The summed E-state index contributed by atoms with van der Waals surface area (Å²) in [7, 11) is 0. The molecular formula is C33H60N2O2. The summed E-state index contributed by atoms with van der Waals surface area (Å²) >= 11 is 0. The van der Waals surface area contributed by atoms with E-state index in [0.29, 0.717) is 0 Å². The fourth-order valence-electron chi connectivity index (χ4n) is 5.29. The third kappa shape index (κ3) is 20.1. The fourth-order valence-corrected chi connectivity index (χ4v) is 5.29. The van der Waals surface area contributed by atoms with Gasteiger partial charge < -0.3 is 10.6 Å². The van der Waals surface area contributed by atoms with Crippen LogP contribution in [0.1, 0.15) is 162 Å². The molecule has 0 heterocycles. The quantitative estimate of drug-likeness (QED) is 0.0992. The molecule has 1 rings (SSSR count). The topological polar surface area (TPSA) is 58.2 Å². The zero-order valence-electron chi connectivity index (χ0n) is 24.5. The molecule has 1 aliphatic rings. The number of hydrogen-bond donors (Lipinski definition) is 2. The van der Waals surface area contributed by atoms with E-state index in [-0.39, 0.29) is 23.9 Å². The van der Waals surface area contributed by atoms with E-state index in [1.165, 1.54) is 103 Å². The van der Waals surface area contributed by atoms with Crippen LogP contribution in [0.5, 0.6) is 0 Å². The van der Waals surface area contributed by atoms with Gasteiger partial charge in [0, 0.05) is 12.1 Å². The summed E-state index contributed by atoms with van der Waals surface area (Å²) < 4.78 is 0. The lowest BCUT2D eigenvalue weighted by atomic mass is 10.1. The molecule has 0 aliphatic heterocycles. The van der Waals surface area contributed by atoms with Crippen molar-refractivity contribution >= 4 is 11.8 Å². The van der Waals surface area contributed by atoms with Crippen LogP contribution in [0.4, 0.5) is 0 Å². The molecule has 2 amide bonds. The van der Waals surface area contributed by atoms with E-state index in [2.05, 4.69) is 24.5 Å². The van der Waals surface area contributed by atoms with Crippen molar-refractivity contribution < 1.29 is 9.59 Å². The Labute approximate surface area is 229 Å². The van der Waals surface area contributed by atoms with Gasteiger partial charge in [0.25, 0.3) is 0 Å². The zero-order valence-corrected chi connectivity index (χ0v) is 24.5. The first kappa shape index (κ1) is 33.4. The van der Waals surface area contributed by atoms with Gasteiger partial charge in [-0.1, -0.05) is 129 Å². The van der Waals surface area contributed by atoms with Crippen molar-refractivity contribution in [1.82, 2.24) is 10.6 Å². The van der Waals surface area contributed by atoms with E-state index in [4.69, 9.17) is 0 Å². The highest BCUT2D eigenvalue weighted by atomic mass is 16.2. The number of hydrogen-bond acceptors (Lipinski definition) is 2. The Morgan fingerprint density at radius 3 is 1.22 bits per heavy atom. The molecule has 0 aromatic carbocycles. The van der Waals surface area contributed by atoms with Gasteiger partial charge in [0.1, 0.15) is 0 Å². The lowest BCUT2D eigenvalue weighted by Crippen LogP contribution is -2.47. The van der Waals surface area contributed by atoms with E-state index in [1.54, 1.807) is 12.2 Å². The molecule has 0 spiro atoms. The molecule has 37 heavy (non-hydrogen) atoms. The minimum absolute atomic E-state index is 0.0250. The van der Waals surface area contributed by atoms with Crippen molar-refractivity contribution in [2.45, 2.75) is 174 Å². The number of rotatable bonds is 24. The largest absolute Gasteiger partial charge is 0.348 e. The first-order valence-corrected chi connectivity index (χ1v) is 16.1. The molecule has 0 radical (unpaired) electrons. The van der Waals surface area contributed by atoms with E-state index < -0.39 is 0 Å². The van der Waals surface area contributed by atoms with Gasteiger partial charge in [-0.25, -0.2) is 0 Å². The highest BCUT2D eigenvalue weighted by Gasteiger charge is 2.28. The van der Waals surface area contributed by atoms with Crippen LogP contribution in [-0.4, -0.2) is 23.9 Å². The fraction of sp³-hybridized carbons (Fsp3) is 0.818. The SMILES string of the molecule is CCCCCCCCCCC/C=C/C(=O)N[C@H]1CCC[C@H]1NC(=O)/C=C/CCCCCCCCCCC. The second kappa shape index (κ2) is 24.7. The number of allylic oxidation sites excluding steroid dienone is 2. The lowest BCUT2D eigenvalue weighted by Gasteiger charge is -2.21. The molecule has 0 saturated heterocycles. The van der Waals surface area contributed by atoms with E-state index >= 15 is 0 Å². The maximum Gasteiger partial charge on any atom is 0.243 e. The summed E-state index contributed by atoms with van der Waals surface area (Å²) in [5.74, 6) is -0.0500. The van der Waals surface area contributed by atoms with Crippen molar-refractivity contribution in [3.05, 3.63) is 24.3 Å². The number of carbonyl (C=O) groups excluding carboxylic acids is 2. The predicted molar refractivity (Wildman–Crippen MR) is 160 cm³/mol. The zero-order chi connectivity index (χ0) is 26.8. The van der Waals surface area contributed by atoms with Gasteiger partial charge >= 0.3 is 0 Å². The van der Waals surface area contributed by atoms with Gasteiger partial charge in [0.2, 0.25) is 11.8 Å². The van der Waals surface area contributed by atoms with Crippen LogP contribution in [0.25, 0.3) is 0 Å². The Morgan fingerprint density at radius 2 is 0.865 bits per heavy atom. The second-order valence-corrected chi connectivity index (χ2v) is 11.2. The van der Waals surface area contributed by atoms with Gasteiger partial charge in [0.05, 0.1) is 0 Å². The number of nitrogens with one attached hydrogen (secondary N) is 2. The van der Waals surface area contributed by atoms with Crippen LogP contribution in [0, 0.1) is 0 Å². The van der Waals surface area contributed by atoms with Crippen molar-refractivity contribution in [1.29, 1.82) is 0 Å². The molecular weight excluding hydrogens is 456 g/mol. The van der Waals surface area contributed by atoms with E-state index in [1.807, 2.05) is 12.2 Å². The minimum Gasteiger partial charge on any atom is -0.348 e. The first-order valence-electron chi connectivity index (χ1n) is 16.1. The van der Waals surface area contributed by atoms with Crippen molar-refractivity contribution in [3.63, 3.8) is 0 Å². The minimum atomic E-state index is -0.0250. The molecule has 1 fully saturated rings. The number of amides is 2. The Balaban J connectivity index is 2.07. The highest BCUT2D eigenvalue weighted by Crippen LogP contribution is 2.19. The average molecular weight is 517 g/mol. The molecule has 214 valence electrons. The maximum atomic E-state index is 12.4. The molecule has 0 aromatic rings. The molecule has 2 N–H and O–H groups in total. The Kier molecular flexibility index (Phi) is 22.4. The third-order valence-corrected chi connectivity index (χ3v) is 7.66. The van der Waals surface area contributed by atoms with Crippen LogP contribution in [-0.2, 0) is 9.59 Å². The Bertz CT molecular complexity index is 561. The van der Waals surface area contributed by atoms with Gasteiger partial charge in [-0.2, -0.15) is 0 Å². The van der Waals surface area contributed by atoms with Crippen molar-refractivity contribution in [3.8, 4) is 0 Å². The summed E-state index contributed by atoms with van der Waals surface area (Å²) in [5.41, 5.74) is 0. The molecule has 2 atom stereocenters. The molecule has 4 nitrogen and oxygen atoms in total. The van der Waals surface area contributed by atoms with Gasteiger partial charge in [-0.3, -0.25) is 9.59 Å². The average Bonchev–Trinajstić information content (AvgIpc) is 3.31. The number of carbonyl (C=O) groups is 2. The normalized spacial score (nSPS) is 17.7. The highest BCUT2D eigenvalue weighted by molar-refractivity contribution is 5.89. The van der Waals surface area contributed by atoms with Crippen LogP contribution in [0.3, 0.4) is 0 Å². The summed E-state index contributed by atoms with van der Waals surface area (Å²) in [6, 6.07) is 0.0825. The predicted octanol–water partition coefficient (Wildman–Crippen LogP) is 9.09. The lowest BCUT2D eigenvalue weighted by molar-refractivity contribution is -0.119. The summed E-state index contributed by atoms with van der Waals surface area (Å²) in [5, 5.41) is 6.23. The van der Waals surface area contributed by atoms with Crippen LogP contribution < -0.4 is 10.6 Å².